The summed E-state index contributed by atoms with van der Waals surface area (Å²) in [6.45, 7) is 2.77. The van der Waals surface area contributed by atoms with Crippen molar-refractivity contribution in [1.29, 1.82) is 0 Å². The van der Waals surface area contributed by atoms with Crippen molar-refractivity contribution < 1.29 is 9.59 Å². The molecule has 1 N–H and O–H groups in total. The van der Waals surface area contributed by atoms with Gasteiger partial charge in [-0.05, 0) is 50.0 Å². The molecule has 1 aromatic rings. The summed E-state index contributed by atoms with van der Waals surface area (Å²) in [5.41, 5.74) is 1.29. The van der Waals surface area contributed by atoms with Crippen LogP contribution in [0.3, 0.4) is 0 Å². The van der Waals surface area contributed by atoms with Gasteiger partial charge in [-0.15, -0.1) is 12.4 Å². The average Bonchev–Trinajstić information content (AvgIpc) is 3.07. The van der Waals surface area contributed by atoms with Gasteiger partial charge in [-0.3, -0.25) is 9.59 Å². The first kappa shape index (κ1) is 22.1. The maximum absolute atomic E-state index is 12.7. The summed E-state index contributed by atoms with van der Waals surface area (Å²) in [6.07, 6.45) is 7.99. The molecule has 160 valence electrons. The van der Waals surface area contributed by atoms with Crippen LogP contribution in [0.15, 0.2) is 30.3 Å². The second-order valence-corrected chi connectivity index (χ2v) is 8.78. The Kier molecular flexibility index (Phi) is 7.96. The molecular weight excluding hydrogens is 386 g/mol. The molecule has 5 nitrogen and oxygen atoms in total. The summed E-state index contributed by atoms with van der Waals surface area (Å²) in [7, 11) is 0. The van der Waals surface area contributed by atoms with Gasteiger partial charge in [-0.1, -0.05) is 30.3 Å². The minimum Gasteiger partial charge on any atom is -0.339 e. The van der Waals surface area contributed by atoms with Gasteiger partial charge in [-0.2, -0.15) is 0 Å². The van der Waals surface area contributed by atoms with Gasteiger partial charge < -0.3 is 15.1 Å². The van der Waals surface area contributed by atoms with Crippen LogP contribution in [0.1, 0.15) is 50.5 Å². The summed E-state index contributed by atoms with van der Waals surface area (Å²) >= 11 is 0. The second kappa shape index (κ2) is 10.4. The minimum atomic E-state index is 0. The van der Waals surface area contributed by atoms with E-state index in [0.29, 0.717) is 62.9 Å². The van der Waals surface area contributed by atoms with Gasteiger partial charge in [0, 0.05) is 51.1 Å². The van der Waals surface area contributed by atoms with Crippen molar-refractivity contribution in [3.8, 4) is 0 Å². The predicted octanol–water partition coefficient (Wildman–Crippen LogP) is 3.02. The van der Waals surface area contributed by atoms with E-state index in [1.807, 2.05) is 28.0 Å². The van der Waals surface area contributed by atoms with Crippen molar-refractivity contribution in [2.45, 2.75) is 63.5 Å². The van der Waals surface area contributed by atoms with Crippen LogP contribution in [0.5, 0.6) is 0 Å². The van der Waals surface area contributed by atoms with E-state index in [-0.39, 0.29) is 18.3 Å². The van der Waals surface area contributed by atoms with E-state index in [4.69, 9.17) is 0 Å². The zero-order valence-corrected chi connectivity index (χ0v) is 18.0. The SMILES string of the molecule is Cl.O=C(CCCc1ccccc1)N1CCN(C(=O)CC2CC3CCC(C2)N3)CC1. The third-order valence-corrected chi connectivity index (χ3v) is 6.72. The summed E-state index contributed by atoms with van der Waals surface area (Å²) in [6, 6.07) is 11.6. The number of hydrogen-bond donors (Lipinski definition) is 1. The third kappa shape index (κ3) is 5.95. The number of benzene rings is 1. The maximum atomic E-state index is 12.7. The number of fused-ring (bicyclic) bond motifs is 2. The lowest BCUT2D eigenvalue weighted by Crippen LogP contribution is -2.51. The van der Waals surface area contributed by atoms with E-state index in [0.717, 1.165) is 25.7 Å². The fourth-order valence-electron chi connectivity index (χ4n) is 5.17. The number of piperazine rings is 1. The first-order chi connectivity index (χ1) is 13.7. The number of carbonyl (C=O) groups is 2. The highest BCUT2D eigenvalue weighted by atomic mass is 35.5. The van der Waals surface area contributed by atoms with Crippen LogP contribution in [-0.2, 0) is 16.0 Å². The van der Waals surface area contributed by atoms with Crippen molar-refractivity contribution in [3.63, 3.8) is 0 Å². The number of halogens is 1. The molecule has 0 saturated carbocycles. The Morgan fingerprint density at radius 3 is 2.10 bits per heavy atom. The lowest BCUT2D eigenvalue weighted by atomic mass is 9.89. The zero-order valence-electron chi connectivity index (χ0n) is 17.2. The molecule has 0 aliphatic carbocycles. The van der Waals surface area contributed by atoms with E-state index in [1.165, 1.54) is 18.4 Å². The van der Waals surface area contributed by atoms with Gasteiger partial charge in [0.15, 0.2) is 0 Å². The molecule has 1 aromatic carbocycles. The molecule has 3 heterocycles. The highest BCUT2D eigenvalue weighted by Gasteiger charge is 2.35. The van der Waals surface area contributed by atoms with Crippen molar-refractivity contribution in [2.75, 3.05) is 26.2 Å². The molecule has 4 rings (SSSR count). The topological polar surface area (TPSA) is 52.7 Å². The number of carbonyl (C=O) groups excluding carboxylic acids is 2. The molecule has 2 bridgehead atoms. The Hall–Kier alpha value is -1.59. The van der Waals surface area contributed by atoms with E-state index in [9.17, 15) is 9.59 Å². The molecule has 2 atom stereocenters. The molecule has 3 aliphatic heterocycles. The first-order valence-electron chi connectivity index (χ1n) is 11.0. The van der Waals surface area contributed by atoms with Gasteiger partial charge in [0.05, 0.1) is 0 Å². The molecular formula is C23H34ClN3O2. The fraction of sp³-hybridized carbons (Fsp3) is 0.652. The largest absolute Gasteiger partial charge is 0.339 e. The van der Waals surface area contributed by atoms with E-state index in [1.54, 1.807) is 0 Å². The van der Waals surface area contributed by atoms with Gasteiger partial charge in [-0.25, -0.2) is 0 Å². The maximum Gasteiger partial charge on any atom is 0.222 e. The molecule has 2 unspecified atom stereocenters. The molecule has 3 fully saturated rings. The highest BCUT2D eigenvalue weighted by molar-refractivity contribution is 5.85. The normalized spacial score (nSPS) is 26.1. The lowest BCUT2D eigenvalue weighted by Gasteiger charge is -2.36. The van der Waals surface area contributed by atoms with Crippen LogP contribution in [0.2, 0.25) is 0 Å². The Balaban J connectivity index is 0.00000240. The van der Waals surface area contributed by atoms with Crippen molar-refractivity contribution in [3.05, 3.63) is 35.9 Å². The number of amides is 2. The molecule has 2 amide bonds. The number of rotatable bonds is 6. The fourth-order valence-corrected chi connectivity index (χ4v) is 5.17. The standard InChI is InChI=1S/C23H33N3O2.ClH/c27-22(8-4-7-18-5-2-1-3-6-18)25-11-13-26(14-12-25)23(28)17-19-15-20-9-10-21(16-19)24-20;/h1-3,5-6,19-21,24H,4,7-17H2;1H. The molecule has 29 heavy (non-hydrogen) atoms. The molecule has 3 saturated heterocycles. The highest BCUT2D eigenvalue weighted by Crippen LogP contribution is 2.33. The molecule has 3 aliphatic rings. The number of aryl methyl sites for hydroxylation is 1. The van der Waals surface area contributed by atoms with Crippen molar-refractivity contribution in [2.24, 2.45) is 5.92 Å². The smallest absolute Gasteiger partial charge is 0.222 e. The number of hydrogen-bond acceptors (Lipinski definition) is 3. The lowest BCUT2D eigenvalue weighted by molar-refractivity contribution is -0.140. The van der Waals surface area contributed by atoms with E-state index >= 15 is 0 Å². The Bertz CT molecular complexity index is 664. The van der Waals surface area contributed by atoms with Gasteiger partial charge in [0.2, 0.25) is 11.8 Å². The van der Waals surface area contributed by atoms with Crippen molar-refractivity contribution >= 4 is 24.2 Å². The second-order valence-electron chi connectivity index (χ2n) is 8.78. The van der Waals surface area contributed by atoms with E-state index < -0.39 is 0 Å². The van der Waals surface area contributed by atoms with Crippen LogP contribution < -0.4 is 5.32 Å². The molecule has 0 aromatic heterocycles. The van der Waals surface area contributed by atoms with Crippen LogP contribution in [-0.4, -0.2) is 59.9 Å². The summed E-state index contributed by atoms with van der Waals surface area (Å²) in [4.78, 5) is 29.1. The van der Waals surface area contributed by atoms with E-state index in [2.05, 4.69) is 17.4 Å². The number of nitrogens with zero attached hydrogens (tertiary/aromatic N) is 2. The van der Waals surface area contributed by atoms with Crippen molar-refractivity contribution in [1.82, 2.24) is 15.1 Å². The Labute approximate surface area is 180 Å². The van der Waals surface area contributed by atoms with Gasteiger partial charge in [0.25, 0.3) is 0 Å². The average molecular weight is 420 g/mol. The van der Waals surface area contributed by atoms with Crippen LogP contribution >= 0.6 is 12.4 Å². The summed E-state index contributed by atoms with van der Waals surface area (Å²) < 4.78 is 0. The minimum absolute atomic E-state index is 0. The van der Waals surface area contributed by atoms with Crippen LogP contribution in [0.4, 0.5) is 0 Å². The predicted molar refractivity (Wildman–Crippen MR) is 117 cm³/mol. The summed E-state index contributed by atoms with van der Waals surface area (Å²) in [5, 5.41) is 3.65. The molecule has 6 heteroatoms. The van der Waals surface area contributed by atoms with Crippen LogP contribution in [0.25, 0.3) is 0 Å². The van der Waals surface area contributed by atoms with Crippen LogP contribution in [0, 0.1) is 5.92 Å². The zero-order chi connectivity index (χ0) is 19.3. The molecule has 0 spiro atoms. The molecule has 0 radical (unpaired) electrons. The summed E-state index contributed by atoms with van der Waals surface area (Å²) in [5.74, 6) is 1.07. The quantitative estimate of drug-likeness (QED) is 0.771. The number of nitrogens with one attached hydrogen (secondary N) is 1. The third-order valence-electron chi connectivity index (χ3n) is 6.72. The Morgan fingerprint density at radius 1 is 0.897 bits per heavy atom. The van der Waals surface area contributed by atoms with Gasteiger partial charge >= 0.3 is 0 Å². The monoisotopic (exact) mass is 419 g/mol. The number of piperidine rings is 1. The van der Waals surface area contributed by atoms with Gasteiger partial charge in [0.1, 0.15) is 0 Å². The first-order valence-corrected chi connectivity index (χ1v) is 11.0. The Morgan fingerprint density at radius 2 is 1.48 bits per heavy atom.